The third-order valence-corrected chi connectivity index (χ3v) is 12.5. The van der Waals surface area contributed by atoms with Crippen LogP contribution in [-0.4, -0.2) is 9.13 Å². The fourth-order valence-corrected chi connectivity index (χ4v) is 9.68. The predicted molar refractivity (Wildman–Crippen MR) is 252 cm³/mol. The molecule has 0 spiro atoms. The maximum atomic E-state index is 2.46. The topological polar surface area (TPSA) is 9.86 Å². The molecule has 0 saturated heterocycles. The summed E-state index contributed by atoms with van der Waals surface area (Å²) in [6.45, 7) is 0. The second-order valence-electron chi connectivity index (χ2n) is 15.8. The molecule has 0 radical (unpaired) electrons. The highest BCUT2D eigenvalue weighted by molar-refractivity contribution is 6.23. The minimum Gasteiger partial charge on any atom is -0.342 e. The molecule has 12 aromatic rings. The number of benzene rings is 10. The Labute approximate surface area is 342 Å². The number of aromatic nitrogens is 2. The van der Waals surface area contributed by atoms with Crippen LogP contribution in [0.15, 0.2) is 212 Å². The van der Waals surface area contributed by atoms with Crippen LogP contribution in [0, 0.1) is 0 Å². The Kier molecular flexibility index (Phi) is 7.48. The first kappa shape index (κ1) is 33.5. The summed E-state index contributed by atoms with van der Waals surface area (Å²) in [6, 6.07) is 78.0. The Hall–Kier alpha value is -7.68. The Balaban J connectivity index is 0.983. The SMILES string of the molecule is Cn1c2ccccc2c2ccc3c4ccccc4n(-c4ccc(-c5cc(-c6ccccc6)cc(-c6ccc(-c7cc8ccccc8c8ccccc78)cc6)c5)cc4)c3c21. The van der Waals surface area contributed by atoms with E-state index in [0.29, 0.717) is 0 Å². The van der Waals surface area contributed by atoms with Crippen molar-refractivity contribution in [2.75, 3.05) is 0 Å². The first-order valence-corrected chi connectivity index (χ1v) is 20.4. The lowest BCUT2D eigenvalue weighted by molar-refractivity contribution is 1.01. The highest BCUT2D eigenvalue weighted by atomic mass is 15.0. The molecule has 276 valence electrons. The monoisotopic (exact) mass is 750 g/mol. The molecule has 10 aromatic carbocycles. The van der Waals surface area contributed by atoms with Gasteiger partial charge in [-0.1, -0.05) is 164 Å². The molecular weight excluding hydrogens is 713 g/mol. The summed E-state index contributed by atoms with van der Waals surface area (Å²) in [6.07, 6.45) is 0. The van der Waals surface area contributed by atoms with E-state index in [1.165, 1.54) is 110 Å². The van der Waals surface area contributed by atoms with E-state index in [1.54, 1.807) is 0 Å². The lowest BCUT2D eigenvalue weighted by Gasteiger charge is -2.14. The van der Waals surface area contributed by atoms with Gasteiger partial charge in [0.05, 0.1) is 16.6 Å². The van der Waals surface area contributed by atoms with Crippen LogP contribution < -0.4 is 0 Å². The Morgan fingerprint density at radius 2 is 0.763 bits per heavy atom. The number of para-hydroxylation sites is 2. The minimum absolute atomic E-state index is 1.15. The summed E-state index contributed by atoms with van der Waals surface area (Å²) < 4.78 is 4.83. The van der Waals surface area contributed by atoms with Crippen molar-refractivity contribution in [1.29, 1.82) is 0 Å². The molecule has 0 aliphatic rings. The fraction of sp³-hybridized carbons (Fsp3) is 0.0175. The van der Waals surface area contributed by atoms with Gasteiger partial charge in [0.25, 0.3) is 0 Å². The highest BCUT2D eigenvalue weighted by Gasteiger charge is 2.19. The first-order valence-electron chi connectivity index (χ1n) is 20.4. The zero-order valence-corrected chi connectivity index (χ0v) is 32.6. The van der Waals surface area contributed by atoms with Gasteiger partial charge >= 0.3 is 0 Å². The molecule has 0 atom stereocenters. The number of hydrogen-bond donors (Lipinski definition) is 0. The highest BCUT2D eigenvalue weighted by Crippen LogP contribution is 2.41. The van der Waals surface area contributed by atoms with E-state index >= 15 is 0 Å². The van der Waals surface area contributed by atoms with Crippen LogP contribution in [0.5, 0.6) is 0 Å². The lowest BCUT2D eigenvalue weighted by Crippen LogP contribution is -1.96. The number of fused-ring (bicyclic) bond motifs is 10. The molecule has 2 aromatic heterocycles. The molecule has 0 unspecified atom stereocenters. The summed E-state index contributed by atoms with van der Waals surface area (Å²) in [5.41, 5.74) is 15.7. The third kappa shape index (κ3) is 5.27. The standard InChI is InChI=1S/C57H38N2/c1-58-54-21-11-9-19-49(54)51-31-32-52-50-20-10-12-22-55(50)59(57(52)56(51)58)45-29-27-39(28-30-45)44-34-42(37-13-3-2-4-14-37)33-43(35-44)38-23-25-40(26-24-38)53-36-41-15-5-6-16-46(41)47-17-7-8-18-48(47)53/h2-36H,1H3. The normalized spacial score (nSPS) is 11.8. The average Bonchev–Trinajstić information content (AvgIpc) is 3.80. The minimum atomic E-state index is 1.15. The first-order chi connectivity index (χ1) is 29.2. The number of hydrogen-bond acceptors (Lipinski definition) is 0. The molecule has 0 amide bonds. The second-order valence-corrected chi connectivity index (χ2v) is 15.8. The van der Waals surface area contributed by atoms with Gasteiger partial charge in [0.2, 0.25) is 0 Å². The van der Waals surface area contributed by atoms with Gasteiger partial charge < -0.3 is 9.13 Å². The van der Waals surface area contributed by atoms with Crippen LogP contribution in [0.4, 0.5) is 0 Å². The van der Waals surface area contributed by atoms with Crippen molar-refractivity contribution in [2.24, 2.45) is 7.05 Å². The van der Waals surface area contributed by atoms with E-state index in [0.717, 1.165) is 5.69 Å². The van der Waals surface area contributed by atoms with Gasteiger partial charge in [-0.25, -0.2) is 0 Å². The molecular formula is C57H38N2. The van der Waals surface area contributed by atoms with E-state index in [2.05, 4.69) is 229 Å². The molecule has 2 heterocycles. The zero-order valence-electron chi connectivity index (χ0n) is 32.6. The van der Waals surface area contributed by atoms with Crippen molar-refractivity contribution >= 4 is 65.2 Å². The summed E-state index contributed by atoms with van der Waals surface area (Å²) >= 11 is 0. The summed E-state index contributed by atoms with van der Waals surface area (Å²) in [4.78, 5) is 0. The van der Waals surface area contributed by atoms with Gasteiger partial charge in [0, 0.05) is 39.8 Å². The summed E-state index contributed by atoms with van der Waals surface area (Å²) in [7, 11) is 2.20. The quantitative estimate of drug-likeness (QED) is 0.155. The van der Waals surface area contributed by atoms with Crippen LogP contribution >= 0.6 is 0 Å². The van der Waals surface area contributed by atoms with Gasteiger partial charge in [-0.15, -0.1) is 0 Å². The van der Waals surface area contributed by atoms with Gasteiger partial charge in [-0.3, -0.25) is 0 Å². The molecule has 0 N–H and O–H groups in total. The molecule has 2 nitrogen and oxygen atoms in total. The molecule has 0 fully saturated rings. The van der Waals surface area contributed by atoms with Gasteiger partial charge in [-0.2, -0.15) is 0 Å². The molecule has 0 bridgehead atoms. The van der Waals surface area contributed by atoms with Crippen molar-refractivity contribution in [1.82, 2.24) is 9.13 Å². The zero-order chi connectivity index (χ0) is 39.0. The maximum Gasteiger partial charge on any atom is 0.0785 e. The molecule has 2 heteroatoms. The average molecular weight is 751 g/mol. The number of aryl methyl sites for hydroxylation is 1. The summed E-state index contributed by atoms with van der Waals surface area (Å²) in [5, 5.41) is 10.2. The van der Waals surface area contributed by atoms with Crippen LogP contribution in [0.25, 0.3) is 115 Å². The van der Waals surface area contributed by atoms with Crippen LogP contribution in [-0.2, 0) is 7.05 Å². The maximum absolute atomic E-state index is 2.46. The number of nitrogens with zero attached hydrogens (tertiary/aromatic N) is 2. The summed E-state index contributed by atoms with van der Waals surface area (Å²) in [5.74, 6) is 0. The van der Waals surface area contributed by atoms with Crippen molar-refractivity contribution in [3.05, 3.63) is 212 Å². The van der Waals surface area contributed by atoms with Crippen molar-refractivity contribution in [3.63, 3.8) is 0 Å². The molecule has 0 saturated carbocycles. The van der Waals surface area contributed by atoms with Gasteiger partial charge in [-0.05, 0) is 115 Å². The van der Waals surface area contributed by atoms with E-state index < -0.39 is 0 Å². The van der Waals surface area contributed by atoms with Gasteiger partial charge in [0.15, 0.2) is 0 Å². The number of rotatable bonds is 5. The van der Waals surface area contributed by atoms with E-state index in [4.69, 9.17) is 0 Å². The van der Waals surface area contributed by atoms with Crippen LogP contribution in [0.2, 0.25) is 0 Å². The van der Waals surface area contributed by atoms with Crippen molar-refractivity contribution < 1.29 is 0 Å². The molecule has 59 heavy (non-hydrogen) atoms. The van der Waals surface area contributed by atoms with Crippen molar-refractivity contribution in [3.8, 4) is 50.2 Å². The largest absolute Gasteiger partial charge is 0.342 e. The van der Waals surface area contributed by atoms with Crippen molar-refractivity contribution in [2.45, 2.75) is 0 Å². The van der Waals surface area contributed by atoms with E-state index in [1.807, 2.05) is 0 Å². The molecule has 0 aliphatic heterocycles. The second kappa shape index (κ2) is 13.2. The molecule has 12 rings (SSSR count). The van der Waals surface area contributed by atoms with E-state index in [9.17, 15) is 0 Å². The Morgan fingerprint density at radius 3 is 1.44 bits per heavy atom. The predicted octanol–water partition coefficient (Wildman–Crippen LogP) is 15.4. The van der Waals surface area contributed by atoms with Crippen LogP contribution in [0.1, 0.15) is 0 Å². The fourth-order valence-electron chi connectivity index (χ4n) is 9.68. The van der Waals surface area contributed by atoms with Gasteiger partial charge in [0.1, 0.15) is 0 Å². The lowest BCUT2D eigenvalue weighted by atomic mass is 9.91. The Morgan fingerprint density at radius 1 is 0.288 bits per heavy atom. The smallest absolute Gasteiger partial charge is 0.0785 e. The third-order valence-electron chi connectivity index (χ3n) is 12.5. The van der Waals surface area contributed by atoms with E-state index in [-0.39, 0.29) is 0 Å². The van der Waals surface area contributed by atoms with Crippen LogP contribution in [0.3, 0.4) is 0 Å². The molecule has 0 aliphatic carbocycles. The Bertz CT molecular complexity index is 3590.